The maximum absolute atomic E-state index is 16.5. The lowest BCUT2D eigenvalue weighted by molar-refractivity contribution is -0.128. The summed E-state index contributed by atoms with van der Waals surface area (Å²) in [7, 11) is 1.47. The molecule has 0 N–H and O–H groups in total. The van der Waals surface area contributed by atoms with E-state index in [2.05, 4.69) is 4.90 Å². The highest BCUT2D eigenvalue weighted by Crippen LogP contribution is 2.48. The van der Waals surface area contributed by atoms with Gasteiger partial charge < -0.3 is 38.1 Å². The van der Waals surface area contributed by atoms with E-state index in [-0.39, 0.29) is 40.5 Å². The van der Waals surface area contributed by atoms with Crippen molar-refractivity contribution < 1.29 is 51.6 Å². The van der Waals surface area contributed by atoms with E-state index < -0.39 is 60.6 Å². The van der Waals surface area contributed by atoms with Crippen LogP contribution in [0.1, 0.15) is 73.1 Å². The van der Waals surface area contributed by atoms with Crippen molar-refractivity contribution in [3.05, 3.63) is 56.9 Å². The summed E-state index contributed by atoms with van der Waals surface area (Å²) in [6, 6.07) is 4.32. The number of esters is 1. The van der Waals surface area contributed by atoms with Crippen molar-refractivity contribution in [1.29, 1.82) is 0 Å². The van der Waals surface area contributed by atoms with Crippen LogP contribution in [0.3, 0.4) is 0 Å². The number of aromatic nitrogens is 1. The molecule has 3 amide bonds. The average Bonchev–Trinajstić information content (AvgIpc) is 3.85. The van der Waals surface area contributed by atoms with Crippen LogP contribution >= 0.6 is 0 Å². The minimum Gasteiger partial charge on any atom is -0.492 e. The SMILES string of the molecule is COc1c(N2CC3CCCCC3C2)c(F)c(C)c2c(=O)c(C(=O)OCOC(=O)N(C[C@H]3CN(c4ccc(N5CCOCC5)c(F)c4)C(=O)O3)C(C)=O)c(C)n(C3CC3)c12. The predicted octanol–water partition coefficient (Wildman–Crippen LogP) is 5.83. The van der Waals surface area contributed by atoms with Gasteiger partial charge >= 0.3 is 18.2 Å². The average molecular weight is 822 g/mol. The maximum atomic E-state index is 16.5. The van der Waals surface area contributed by atoms with Crippen molar-refractivity contribution in [2.24, 2.45) is 11.8 Å². The van der Waals surface area contributed by atoms with E-state index in [9.17, 15) is 24.0 Å². The normalized spacial score (nSPS) is 21.7. The van der Waals surface area contributed by atoms with Crippen LogP contribution in [0.15, 0.2) is 23.0 Å². The molecule has 5 aliphatic rings. The van der Waals surface area contributed by atoms with Crippen molar-refractivity contribution in [3.8, 4) is 5.75 Å². The van der Waals surface area contributed by atoms with Gasteiger partial charge in [0, 0.05) is 50.4 Å². The van der Waals surface area contributed by atoms with Gasteiger partial charge in [0.05, 0.1) is 55.7 Å². The molecule has 17 heteroatoms. The van der Waals surface area contributed by atoms with Gasteiger partial charge in [0.15, 0.2) is 11.6 Å². The zero-order valence-corrected chi connectivity index (χ0v) is 33.7. The molecule has 316 valence electrons. The smallest absolute Gasteiger partial charge is 0.419 e. The number of methoxy groups -OCH3 is 1. The molecule has 3 aromatic rings. The van der Waals surface area contributed by atoms with Crippen LogP contribution < -0.4 is 24.9 Å². The molecule has 3 atom stereocenters. The van der Waals surface area contributed by atoms with Crippen LogP contribution in [0.25, 0.3) is 10.9 Å². The van der Waals surface area contributed by atoms with E-state index >= 15 is 8.78 Å². The molecule has 0 spiro atoms. The first-order chi connectivity index (χ1) is 28.4. The number of amides is 3. The van der Waals surface area contributed by atoms with Crippen LogP contribution in [0.5, 0.6) is 5.75 Å². The first-order valence-corrected chi connectivity index (χ1v) is 20.3. The molecule has 59 heavy (non-hydrogen) atoms. The van der Waals surface area contributed by atoms with Crippen molar-refractivity contribution in [3.63, 3.8) is 0 Å². The third-order valence-electron chi connectivity index (χ3n) is 12.4. The molecule has 15 nitrogen and oxygen atoms in total. The number of nitrogens with zero attached hydrogens (tertiary/aromatic N) is 5. The molecule has 5 fully saturated rings. The van der Waals surface area contributed by atoms with Crippen LogP contribution in [0, 0.1) is 37.3 Å². The molecule has 4 heterocycles. The summed E-state index contributed by atoms with van der Waals surface area (Å²) in [6.07, 6.45) is 3.10. The zero-order valence-electron chi connectivity index (χ0n) is 33.7. The highest BCUT2D eigenvalue weighted by Gasteiger charge is 2.41. The fraction of sp³-hybridized carbons (Fsp3) is 0.548. The van der Waals surface area contributed by atoms with E-state index in [0.29, 0.717) is 78.7 Å². The fourth-order valence-corrected chi connectivity index (χ4v) is 9.34. The number of cyclic esters (lactones) is 1. The van der Waals surface area contributed by atoms with E-state index in [1.54, 1.807) is 19.1 Å². The Hall–Kier alpha value is -5.45. The number of benzene rings is 2. The Morgan fingerprint density at radius 2 is 1.63 bits per heavy atom. The quantitative estimate of drug-likeness (QED) is 0.179. The van der Waals surface area contributed by atoms with Gasteiger partial charge in [-0.05, 0) is 69.6 Å². The van der Waals surface area contributed by atoms with Gasteiger partial charge in [0.25, 0.3) is 0 Å². The molecule has 3 saturated heterocycles. The number of carbonyl (C=O) groups is 4. The second kappa shape index (κ2) is 16.3. The maximum Gasteiger partial charge on any atom is 0.419 e. The van der Waals surface area contributed by atoms with Crippen LogP contribution in [0.2, 0.25) is 0 Å². The zero-order chi connectivity index (χ0) is 41.7. The summed E-state index contributed by atoms with van der Waals surface area (Å²) in [6.45, 7) is 6.23. The minimum absolute atomic E-state index is 0.0138. The number of hydrogen-bond acceptors (Lipinski definition) is 12. The summed E-state index contributed by atoms with van der Waals surface area (Å²) in [4.78, 5) is 72.2. The summed E-state index contributed by atoms with van der Waals surface area (Å²) in [5.41, 5.74) is 0.721. The topological polar surface area (TPSA) is 149 Å². The molecule has 0 bridgehead atoms. The molecule has 2 aromatic carbocycles. The van der Waals surface area contributed by atoms with Gasteiger partial charge in [-0.3, -0.25) is 14.5 Å². The Kier molecular flexibility index (Phi) is 11.1. The number of imide groups is 1. The Morgan fingerprint density at radius 3 is 2.25 bits per heavy atom. The van der Waals surface area contributed by atoms with E-state index in [1.165, 1.54) is 25.0 Å². The first-order valence-electron chi connectivity index (χ1n) is 20.3. The van der Waals surface area contributed by atoms with Crippen LogP contribution in [-0.2, 0) is 23.7 Å². The molecule has 1 aromatic heterocycles. The Balaban J connectivity index is 0.964. The third-order valence-corrected chi connectivity index (χ3v) is 12.4. The molecular formula is C42H49F2N5O10. The predicted molar refractivity (Wildman–Crippen MR) is 211 cm³/mol. The number of pyridine rings is 1. The van der Waals surface area contributed by atoms with Gasteiger partial charge in [-0.1, -0.05) is 12.8 Å². The van der Waals surface area contributed by atoms with Gasteiger partial charge in [0.2, 0.25) is 18.1 Å². The van der Waals surface area contributed by atoms with Gasteiger partial charge in [-0.15, -0.1) is 0 Å². The monoisotopic (exact) mass is 821 g/mol. The number of fused-ring (bicyclic) bond motifs is 2. The molecule has 0 radical (unpaired) electrons. The number of morpholine rings is 1. The lowest BCUT2D eigenvalue weighted by Crippen LogP contribution is -2.42. The second-order valence-corrected chi connectivity index (χ2v) is 16.1. The minimum atomic E-state index is -1.19. The van der Waals surface area contributed by atoms with Crippen molar-refractivity contribution in [2.75, 3.05) is 81.1 Å². The van der Waals surface area contributed by atoms with Crippen LogP contribution in [-0.4, -0.2) is 106 Å². The summed E-state index contributed by atoms with van der Waals surface area (Å²) >= 11 is 0. The lowest BCUT2D eigenvalue weighted by atomic mass is 9.82. The van der Waals surface area contributed by atoms with Crippen LogP contribution in [0.4, 0.5) is 35.4 Å². The number of rotatable bonds is 10. The number of hydrogen-bond donors (Lipinski definition) is 0. The van der Waals surface area contributed by atoms with Gasteiger partial charge in [0.1, 0.15) is 23.2 Å². The van der Waals surface area contributed by atoms with Gasteiger partial charge in [-0.2, -0.15) is 0 Å². The number of aryl methyl sites for hydroxylation is 1. The molecule has 2 unspecified atom stereocenters. The highest BCUT2D eigenvalue weighted by molar-refractivity contribution is 6.00. The molecule has 3 aliphatic heterocycles. The Labute approximate surface area is 339 Å². The molecule has 8 rings (SSSR count). The van der Waals surface area contributed by atoms with E-state index in [1.807, 2.05) is 9.47 Å². The summed E-state index contributed by atoms with van der Waals surface area (Å²) in [5, 5.41) is 0.0138. The standard InChI is InChI=1S/C42H49F2N5O10/c1-23-33-36(39(55-4)37(35(23)44)46-18-26-7-5-6-8-27(26)19-46)49(28-9-10-28)24(2)34(38(33)51)40(52)57-22-58-41(53)47(25(3)50)20-30-21-48(42(54)59-30)29-11-12-32(31(43)17-29)45-13-15-56-16-14-45/h11-12,17,26-28,30H,5-10,13-16,18-22H2,1-4H3/t26?,27?,30-/m0/s1. The summed E-state index contributed by atoms with van der Waals surface area (Å²) < 4.78 is 60.7. The number of carbonyl (C=O) groups excluding carboxylic acids is 4. The van der Waals surface area contributed by atoms with Crippen molar-refractivity contribution in [1.82, 2.24) is 9.47 Å². The third kappa shape index (κ3) is 7.53. The largest absolute Gasteiger partial charge is 0.492 e. The number of anilines is 3. The molecule has 2 saturated carbocycles. The van der Waals surface area contributed by atoms with E-state index in [0.717, 1.165) is 45.4 Å². The van der Waals surface area contributed by atoms with E-state index in [4.69, 9.17) is 23.7 Å². The Bertz CT molecular complexity index is 2240. The lowest BCUT2D eigenvalue weighted by Gasteiger charge is -2.29. The number of ether oxygens (including phenoxy) is 5. The molecular weight excluding hydrogens is 772 g/mol. The van der Waals surface area contributed by atoms with Crippen molar-refractivity contribution >= 4 is 52.0 Å². The highest BCUT2D eigenvalue weighted by atomic mass is 19.1. The Morgan fingerprint density at radius 1 is 0.932 bits per heavy atom. The molecule has 2 aliphatic carbocycles. The summed E-state index contributed by atoms with van der Waals surface area (Å²) in [5.74, 6) is -1.73. The number of halogens is 2. The van der Waals surface area contributed by atoms with Gasteiger partial charge in [-0.25, -0.2) is 28.1 Å². The van der Waals surface area contributed by atoms with Crippen molar-refractivity contribution in [2.45, 2.75) is 71.4 Å². The fourth-order valence-electron chi connectivity index (χ4n) is 9.34. The first kappa shape index (κ1) is 40.3. The second-order valence-electron chi connectivity index (χ2n) is 16.1.